The number of hydrogen-bond donors (Lipinski definition) is 1. The third-order valence-corrected chi connectivity index (χ3v) is 4.82. The first-order valence-corrected chi connectivity index (χ1v) is 9.85. The third kappa shape index (κ3) is 4.43. The number of fused-ring (bicyclic) bond motifs is 2. The molecule has 33 heavy (non-hydrogen) atoms. The molecular formula is C25H27FN4O3. The first-order chi connectivity index (χ1) is 20.6. The number of methoxy groups -OCH3 is 1. The Morgan fingerprint density at radius 1 is 1.12 bits per heavy atom. The van der Waals surface area contributed by atoms with Crippen LogP contribution in [0.2, 0.25) is 0 Å². The molecule has 0 aliphatic carbocycles. The van der Waals surface area contributed by atoms with Crippen molar-refractivity contribution < 1.29 is 35.1 Å². The van der Waals surface area contributed by atoms with Gasteiger partial charge in [0.15, 0.2) is 23.1 Å². The second kappa shape index (κ2) is 9.23. The Balaban J connectivity index is 1.46. The van der Waals surface area contributed by atoms with Crippen LogP contribution >= 0.6 is 0 Å². The van der Waals surface area contributed by atoms with E-state index in [1.165, 1.54) is 25.3 Å². The van der Waals surface area contributed by atoms with E-state index in [0.717, 1.165) is 12.0 Å². The average molecular weight is 463 g/mol. The highest BCUT2D eigenvalue weighted by molar-refractivity contribution is 5.87. The maximum atomic E-state index is 15.2. The molecular weight excluding hydrogens is 423 g/mol. The minimum absolute atomic E-state index is 0.0725. The van der Waals surface area contributed by atoms with Crippen LogP contribution in [0.15, 0.2) is 36.7 Å². The standard InChI is InChI=1S/C25H27FN4O3/c1-16-12-17-19(29-16)6-7-21(24(17)26)33-25-18-13-22(31-2)23(14-20(18)27-15-28-25)32-11-5-10-30-8-3-4-9-30/h6-7,12-15,29H,3-5,8-11H2,1-2H3/i3D2,4D2,8D2,9D2,10D2,11D2. The fraction of sp³-hybridized carbons (Fsp3) is 0.360. The molecule has 3 heterocycles. The molecule has 2 aromatic heterocycles. The molecule has 1 aliphatic heterocycles. The fourth-order valence-corrected chi connectivity index (χ4v) is 3.33. The topological polar surface area (TPSA) is 72.5 Å². The fourth-order valence-electron chi connectivity index (χ4n) is 3.33. The molecule has 0 atom stereocenters. The number of nitrogens with zero attached hydrogens (tertiary/aromatic N) is 3. The summed E-state index contributed by atoms with van der Waals surface area (Å²) in [6.07, 6.45) is -7.30. The molecule has 0 bridgehead atoms. The van der Waals surface area contributed by atoms with Crippen molar-refractivity contribution in [1.29, 1.82) is 0 Å². The van der Waals surface area contributed by atoms with Crippen LogP contribution in [-0.2, 0) is 0 Å². The van der Waals surface area contributed by atoms with Gasteiger partial charge in [-0.1, -0.05) is 0 Å². The van der Waals surface area contributed by atoms with Crippen LogP contribution in [0, 0.1) is 12.7 Å². The van der Waals surface area contributed by atoms with E-state index in [0.29, 0.717) is 10.9 Å². The van der Waals surface area contributed by atoms with E-state index >= 15 is 4.39 Å². The first kappa shape index (κ1) is 11.7. The molecule has 1 fully saturated rings. The molecule has 1 N–H and O–H groups in total. The van der Waals surface area contributed by atoms with E-state index in [-0.39, 0.29) is 38.9 Å². The molecule has 5 rings (SSSR count). The van der Waals surface area contributed by atoms with Crippen molar-refractivity contribution in [2.75, 3.05) is 33.2 Å². The van der Waals surface area contributed by atoms with Crippen LogP contribution in [0.25, 0.3) is 21.8 Å². The normalized spacial score (nSPS) is 26.6. The molecule has 0 saturated carbocycles. The first-order valence-electron chi connectivity index (χ1n) is 15.9. The van der Waals surface area contributed by atoms with Crippen LogP contribution in [0.4, 0.5) is 4.39 Å². The Morgan fingerprint density at radius 2 is 1.97 bits per heavy atom. The Morgan fingerprint density at radius 3 is 2.79 bits per heavy atom. The van der Waals surface area contributed by atoms with E-state index in [1.54, 1.807) is 19.1 Å². The maximum absolute atomic E-state index is 15.2. The summed E-state index contributed by atoms with van der Waals surface area (Å²) in [5.41, 5.74) is 1.45. The zero-order valence-electron chi connectivity index (χ0n) is 29.6. The van der Waals surface area contributed by atoms with E-state index in [2.05, 4.69) is 15.0 Å². The molecule has 172 valence electrons. The largest absolute Gasteiger partial charge is 0.493 e. The highest BCUT2D eigenvalue weighted by atomic mass is 19.1. The monoisotopic (exact) mass is 462 g/mol. The van der Waals surface area contributed by atoms with Gasteiger partial charge in [-0.3, -0.25) is 0 Å². The Bertz CT molecular complexity index is 1770. The second-order valence-corrected chi connectivity index (χ2v) is 6.98. The lowest BCUT2D eigenvalue weighted by atomic mass is 10.2. The lowest BCUT2D eigenvalue weighted by molar-refractivity contribution is 0.254. The number of halogens is 1. The second-order valence-electron chi connectivity index (χ2n) is 6.98. The number of aromatic amines is 1. The molecule has 1 saturated heterocycles. The lowest BCUT2D eigenvalue weighted by Crippen LogP contribution is -2.21. The van der Waals surface area contributed by atoms with Crippen molar-refractivity contribution in [1.82, 2.24) is 19.9 Å². The zero-order valence-corrected chi connectivity index (χ0v) is 17.6. The number of aryl methyl sites for hydroxylation is 1. The predicted octanol–water partition coefficient (Wildman–Crippen LogP) is 5.22. The minimum Gasteiger partial charge on any atom is -0.493 e. The number of aromatic nitrogens is 3. The molecule has 8 heteroatoms. The summed E-state index contributed by atoms with van der Waals surface area (Å²) in [7, 11) is 1.23. The molecule has 0 radical (unpaired) electrons. The number of rotatable bonds is 8. The smallest absolute Gasteiger partial charge is 0.230 e. The Hall–Kier alpha value is -3.39. The predicted molar refractivity (Wildman–Crippen MR) is 125 cm³/mol. The summed E-state index contributed by atoms with van der Waals surface area (Å²) in [5, 5.41) is 0.520. The summed E-state index contributed by atoms with van der Waals surface area (Å²) < 4.78 is 129. The van der Waals surface area contributed by atoms with Crippen LogP contribution in [0.1, 0.15) is 41.3 Å². The molecule has 0 spiro atoms. The van der Waals surface area contributed by atoms with E-state index < -0.39 is 51.0 Å². The number of nitrogens with one attached hydrogen (secondary N) is 1. The van der Waals surface area contributed by atoms with Gasteiger partial charge < -0.3 is 24.1 Å². The van der Waals surface area contributed by atoms with Crippen molar-refractivity contribution in [2.45, 2.75) is 26.1 Å². The summed E-state index contributed by atoms with van der Waals surface area (Å²) in [5.74, 6) is -1.25. The Kier molecular flexibility index (Phi) is 3.26. The minimum atomic E-state index is -3.53. The summed E-state index contributed by atoms with van der Waals surface area (Å²) in [6, 6.07) is 7.22. The van der Waals surface area contributed by atoms with Crippen LogP contribution < -0.4 is 14.2 Å². The highest BCUT2D eigenvalue weighted by Crippen LogP contribution is 2.37. The summed E-state index contributed by atoms with van der Waals surface area (Å²) >= 11 is 0. The summed E-state index contributed by atoms with van der Waals surface area (Å²) in [6.45, 7) is -11.6. The highest BCUT2D eigenvalue weighted by Gasteiger charge is 2.17. The number of likely N-dealkylation sites (tertiary alicyclic amines) is 1. The number of H-pyrrole nitrogens is 1. The number of benzene rings is 2. The average Bonchev–Trinajstić information content (AvgIpc) is 3.31. The van der Waals surface area contributed by atoms with Gasteiger partial charge in [-0.25, -0.2) is 14.4 Å². The number of ether oxygens (including phenoxy) is 3. The van der Waals surface area contributed by atoms with Crippen molar-refractivity contribution in [3.63, 3.8) is 0 Å². The maximum Gasteiger partial charge on any atom is 0.230 e. The van der Waals surface area contributed by atoms with Gasteiger partial charge in [-0.2, -0.15) is 0 Å². The van der Waals surface area contributed by atoms with Crippen LogP contribution in [0.3, 0.4) is 0 Å². The van der Waals surface area contributed by atoms with E-state index in [9.17, 15) is 0 Å². The zero-order chi connectivity index (χ0) is 33.5. The molecule has 0 unspecified atom stereocenters. The van der Waals surface area contributed by atoms with Crippen molar-refractivity contribution in [3.8, 4) is 23.1 Å². The van der Waals surface area contributed by atoms with Gasteiger partial charge in [0.2, 0.25) is 5.88 Å². The Labute approximate surface area is 208 Å². The van der Waals surface area contributed by atoms with Crippen molar-refractivity contribution >= 4 is 21.8 Å². The molecule has 4 aromatic rings. The molecule has 2 aromatic carbocycles. The third-order valence-electron chi connectivity index (χ3n) is 4.82. The molecule has 7 nitrogen and oxygen atoms in total. The van der Waals surface area contributed by atoms with E-state index in [1.807, 2.05) is 0 Å². The van der Waals surface area contributed by atoms with Gasteiger partial charge in [0.05, 0.1) is 27.3 Å². The van der Waals surface area contributed by atoms with Gasteiger partial charge >= 0.3 is 0 Å². The van der Waals surface area contributed by atoms with Gasteiger partial charge in [-0.05, 0) is 63.3 Å². The van der Waals surface area contributed by atoms with Crippen molar-refractivity contribution in [3.05, 3.63) is 48.2 Å². The summed E-state index contributed by atoms with van der Waals surface area (Å²) in [4.78, 5) is 11.0. The van der Waals surface area contributed by atoms with Crippen molar-refractivity contribution in [2.24, 2.45) is 0 Å². The van der Waals surface area contributed by atoms with Gasteiger partial charge in [-0.15, -0.1) is 0 Å². The van der Waals surface area contributed by atoms with E-state index in [4.69, 9.17) is 30.7 Å². The SMILES string of the molecule is [2H]C([2H])(CC([2H])([2H])N1C([2H])([2H])C([2H])([2H])C([2H])([2H])C1([2H])[2H])Oc1cc2ncnc(Oc3ccc4[nH]c(C)cc4c3F)c2cc1OC. The molecule has 1 aliphatic rings. The van der Waals surface area contributed by atoms with Crippen LogP contribution in [-0.4, -0.2) is 53.0 Å². The molecule has 0 amide bonds. The quantitative estimate of drug-likeness (QED) is 0.387. The number of hydrogen-bond acceptors (Lipinski definition) is 6. The lowest BCUT2D eigenvalue weighted by Gasteiger charge is -2.16. The van der Waals surface area contributed by atoms with Crippen LogP contribution in [0.5, 0.6) is 23.1 Å². The van der Waals surface area contributed by atoms with Gasteiger partial charge in [0.25, 0.3) is 0 Å². The van der Waals surface area contributed by atoms with Gasteiger partial charge in [0.1, 0.15) is 6.33 Å². The van der Waals surface area contributed by atoms with Gasteiger partial charge in [0, 0.05) is 42.9 Å².